The highest BCUT2D eigenvalue weighted by Crippen LogP contribution is 2.38. The molecule has 156 valence electrons. The second-order valence-corrected chi connectivity index (χ2v) is 7.17. The highest BCUT2D eigenvalue weighted by atomic mass is 16.5. The van der Waals surface area contributed by atoms with Crippen molar-refractivity contribution in [3.05, 3.63) is 78.1 Å². The number of nitrogens with zero attached hydrogens (tertiary/aromatic N) is 3. The minimum Gasteiger partial charge on any atom is -0.507 e. The standard InChI is InChI=1S/C23H25N3O4/c1-4-15-30-17-10-8-16(9-11-17)21(27)19-20(18-7-5-6-12-24-18)26(14-13-25(2)3)23(29)22(19)28/h4-12,20,27H,1,13-15H2,2-3H3/t20-/m0/s1. The van der Waals surface area contributed by atoms with Crippen LogP contribution in [0.4, 0.5) is 0 Å². The molecule has 1 atom stereocenters. The first-order chi connectivity index (χ1) is 14.4. The van der Waals surface area contributed by atoms with Crippen molar-refractivity contribution in [1.82, 2.24) is 14.8 Å². The molecule has 0 saturated carbocycles. The van der Waals surface area contributed by atoms with Crippen molar-refractivity contribution in [2.75, 3.05) is 33.8 Å². The Hall–Kier alpha value is -3.45. The Balaban J connectivity index is 2.03. The third-order valence-corrected chi connectivity index (χ3v) is 4.79. The summed E-state index contributed by atoms with van der Waals surface area (Å²) in [5.74, 6) is -0.973. The summed E-state index contributed by atoms with van der Waals surface area (Å²) < 4.78 is 5.46. The molecule has 0 unspecified atom stereocenters. The lowest BCUT2D eigenvalue weighted by atomic mass is 9.98. The largest absolute Gasteiger partial charge is 0.507 e. The van der Waals surface area contributed by atoms with Gasteiger partial charge in [-0.15, -0.1) is 0 Å². The molecule has 2 heterocycles. The number of pyridine rings is 1. The first kappa shape index (κ1) is 21.3. The number of ketones is 1. The quantitative estimate of drug-likeness (QED) is 0.314. The van der Waals surface area contributed by atoms with Gasteiger partial charge < -0.3 is 19.6 Å². The highest BCUT2D eigenvalue weighted by molar-refractivity contribution is 6.46. The van der Waals surface area contributed by atoms with Crippen LogP contribution in [0.25, 0.3) is 5.76 Å². The van der Waals surface area contributed by atoms with Gasteiger partial charge in [0.15, 0.2) is 0 Å². The molecule has 1 N–H and O–H groups in total. The number of likely N-dealkylation sites (tertiary alicyclic amines) is 1. The first-order valence-corrected chi connectivity index (χ1v) is 9.62. The van der Waals surface area contributed by atoms with Gasteiger partial charge in [0.2, 0.25) is 0 Å². The van der Waals surface area contributed by atoms with Gasteiger partial charge >= 0.3 is 0 Å². The van der Waals surface area contributed by atoms with Gasteiger partial charge in [0.1, 0.15) is 24.2 Å². The lowest BCUT2D eigenvalue weighted by molar-refractivity contribution is -0.140. The molecule has 1 aliphatic heterocycles. The van der Waals surface area contributed by atoms with E-state index in [-0.39, 0.29) is 11.3 Å². The maximum atomic E-state index is 12.9. The molecule has 7 heteroatoms. The first-order valence-electron chi connectivity index (χ1n) is 9.62. The minimum atomic E-state index is -0.747. The van der Waals surface area contributed by atoms with Crippen LogP contribution in [0.1, 0.15) is 17.3 Å². The summed E-state index contributed by atoms with van der Waals surface area (Å²) in [6.07, 6.45) is 3.24. The van der Waals surface area contributed by atoms with E-state index >= 15 is 0 Å². The Morgan fingerprint density at radius 3 is 2.57 bits per heavy atom. The normalized spacial score (nSPS) is 18.1. The van der Waals surface area contributed by atoms with Crippen molar-refractivity contribution in [2.24, 2.45) is 0 Å². The molecule has 1 amide bonds. The second kappa shape index (κ2) is 9.37. The molecule has 0 radical (unpaired) electrons. The fourth-order valence-electron chi connectivity index (χ4n) is 3.28. The fourth-order valence-corrected chi connectivity index (χ4v) is 3.28. The molecule has 1 aromatic carbocycles. The summed E-state index contributed by atoms with van der Waals surface area (Å²) in [6, 6.07) is 11.2. The number of hydrogen-bond donors (Lipinski definition) is 1. The molecule has 7 nitrogen and oxygen atoms in total. The number of likely N-dealkylation sites (N-methyl/N-ethyl adjacent to an activating group) is 1. The second-order valence-electron chi connectivity index (χ2n) is 7.17. The Morgan fingerprint density at radius 2 is 1.97 bits per heavy atom. The number of Topliss-reactive ketones (excluding diaryl/α,β-unsaturated/α-hetero) is 1. The van der Waals surface area contributed by atoms with Crippen LogP contribution < -0.4 is 4.74 Å². The van der Waals surface area contributed by atoms with E-state index in [0.717, 1.165) is 0 Å². The topological polar surface area (TPSA) is 83.0 Å². The van der Waals surface area contributed by atoms with Gasteiger partial charge in [-0.1, -0.05) is 18.7 Å². The Morgan fingerprint density at radius 1 is 1.23 bits per heavy atom. The molecule has 0 aliphatic carbocycles. The van der Waals surface area contributed by atoms with Crippen LogP contribution in [0, 0.1) is 0 Å². The zero-order chi connectivity index (χ0) is 21.7. The van der Waals surface area contributed by atoms with E-state index in [1.807, 2.05) is 19.0 Å². The molecular weight excluding hydrogens is 382 g/mol. The molecule has 0 spiro atoms. The van der Waals surface area contributed by atoms with Crippen LogP contribution in [0.3, 0.4) is 0 Å². The Labute approximate surface area is 175 Å². The van der Waals surface area contributed by atoms with Crippen LogP contribution in [0.15, 0.2) is 66.9 Å². The van der Waals surface area contributed by atoms with E-state index in [0.29, 0.717) is 36.7 Å². The van der Waals surface area contributed by atoms with E-state index < -0.39 is 17.7 Å². The van der Waals surface area contributed by atoms with Gasteiger partial charge in [0.05, 0.1) is 11.3 Å². The number of carbonyl (C=O) groups is 2. The lowest BCUT2D eigenvalue weighted by Crippen LogP contribution is -2.35. The maximum Gasteiger partial charge on any atom is 0.295 e. The molecule has 2 aromatic rings. The van der Waals surface area contributed by atoms with E-state index in [1.54, 1.807) is 54.7 Å². The molecule has 0 bridgehead atoms. The zero-order valence-electron chi connectivity index (χ0n) is 17.1. The van der Waals surface area contributed by atoms with Gasteiger partial charge in [0, 0.05) is 24.8 Å². The number of aromatic nitrogens is 1. The van der Waals surface area contributed by atoms with Crippen LogP contribution in [-0.4, -0.2) is 65.4 Å². The van der Waals surface area contributed by atoms with Crippen LogP contribution >= 0.6 is 0 Å². The summed E-state index contributed by atoms with van der Waals surface area (Å²) in [4.78, 5) is 33.4. The van der Waals surface area contributed by atoms with Crippen LogP contribution in [0.5, 0.6) is 5.75 Å². The number of ether oxygens (including phenoxy) is 1. The summed E-state index contributed by atoms with van der Waals surface area (Å²) in [5.41, 5.74) is 0.993. The predicted molar refractivity (Wildman–Crippen MR) is 114 cm³/mol. The van der Waals surface area contributed by atoms with Crippen molar-refractivity contribution in [3.8, 4) is 5.75 Å². The predicted octanol–water partition coefficient (Wildman–Crippen LogP) is 2.63. The molecule has 1 aromatic heterocycles. The van der Waals surface area contributed by atoms with Gasteiger partial charge in [-0.25, -0.2) is 0 Å². The third-order valence-electron chi connectivity index (χ3n) is 4.79. The number of benzene rings is 1. The van der Waals surface area contributed by atoms with E-state index in [1.165, 1.54) is 4.90 Å². The average Bonchev–Trinajstić information content (AvgIpc) is 3.01. The fraction of sp³-hybridized carbons (Fsp3) is 0.261. The van der Waals surface area contributed by atoms with Crippen molar-refractivity contribution in [2.45, 2.75) is 6.04 Å². The van der Waals surface area contributed by atoms with Crippen molar-refractivity contribution in [3.63, 3.8) is 0 Å². The molecule has 1 aliphatic rings. The van der Waals surface area contributed by atoms with E-state index in [2.05, 4.69) is 11.6 Å². The number of hydrogen-bond acceptors (Lipinski definition) is 6. The zero-order valence-corrected chi connectivity index (χ0v) is 17.1. The highest BCUT2D eigenvalue weighted by Gasteiger charge is 2.46. The Kier molecular flexibility index (Phi) is 6.64. The van der Waals surface area contributed by atoms with Crippen LogP contribution in [-0.2, 0) is 9.59 Å². The summed E-state index contributed by atoms with van der Waals surface area (Å²) in [5, 5.41) is 11.0. The average molecular weight is 407 g/mol. The van der Waals surface area contributed by atoms with E-state index in [9.17, 15) is 14.7 Å². The molecule has 1 fully saturated rings. The minimum absolute atomic E-state index is 0.0391. The van der Waals surface area contributed by atoms with E-state index in [4.69, 9.17) is 4.74 Å². The van der Waals surface area contributed by atoms with Crippen molar-refractivity contribution >= 4 is 17.4 Å². The van der Waals surface area contributed by atoms with Crippen LogP contribution in [0.2, 0.25) is 0 Å². The number of amides is 1. The number of aliphatic hydroxyl groups excluding tert-OH is 1. The van der Waals surface area contributed by atoms with Gasteiger partial charge in [0.25, 0.3) is 11.7 Å². The lowest BCUT2D eigenvalue weighted by Gasteiger charge is -2.25. The SMILES string of the molecule is C=CCOc1ccc(C(O)=C2C(=O)C(=O)N(CCN(C)C)[C@H]2c2ccccn2)cc1. The Bertz CT molecular complexity index is 952. The summed E-state index contributed by atoms with van der Waals surface area (Å²) in [7, 11) is 3.78. The summed E-state index contributed by atoms with van der Waals surface area (Å²) in [6.45, 7) is 4.88. The number of carbonyl (C=O) groups excluding carboxylic acids is 2. The van der Waals surface area contributed by atoms with Crippen molar-refractivity contribution in [1.29, 1.82) is 0 Å². The van der Waals surface area contributed by atoms with Crippen molar-refractivity contribution < 1.29 is 19.4 Å². The van der Waals surface area contributed by atoms with Gasteiger partial charge in [-0.2, -0.15) is 0 Å². The van der Waals surface area contributed by atoms with Gasteiger partial charge in [-0.05, 0) is 50.5 Å². The number of aliphatic hydroxyl groups is 1. The maximum absolute atomic E-state index is 12.9. The summed E-state index contributed by atoms with van der Waals surface area (Å²) >= 11 is 0. The molecule has 30 heavy (non-hydrogen) atoms. The molecule has 3 rings (SSSR count). The monoisotopic (exact) mass is 407 g/mol. The smallest absolute Gasteiger partial charge is 0.295 e. The van der Waals surface area contributed by atoms with Gasteiger partial charge in [-0.3, -0.25) is 14.6 Å². The third kappa shape index (κ3) is 4.41. The number of rotatable bonds is 8. The molecule has 1 saturated heterocycles. The molecular formula is C23H25N3O4.